The van der Waals surface area contributed by atoms with Gasteiger partial charge in [-0.3, -0.25) is 19.6 Å². The maximum absolute atomic E-state index is 14.7. The molecule has 2 amide bonds. The Bertz CT molecular complexity index is 2530. The van der Waals surface area contributed by atoms with Crippen molar-refractivity contribution < 1.29 is 9.59 Å². The lowest BCUT2D eigenvalue weighted by atomic mass is 9.99. The molecule has 8 heteroatoms. The van der Waals surface area contributed by atoms with Gasteiger partial charge in [-0.05, 0) is 61.7 Å². The van der Waals surface area contributed by atoms with Crippen molar-refractivity contribution in [2.45, 2.75) is 20.8 Å². The Morgan fingerprint density at radius 1 is 0.714 bits per heavy atom. The molecule has 0 N–H and O–H groups in total. The molecular formula is C41H26N6O2. The Morgan fingerprint density at radius 3 is 1.96 bits per heavy atom. The van der Waals surface area contributed by atoms with E-state index in [0.29, 0.717) is 39.3 Å². The highest BCUT2D eigenvalue weighted by molar-refractivity contribution is 6.36. The van der Waals surface area contributed by atoms with Crippen molar-refractivity contribution >= 4 is 45.0 Å². The fourth-order valence-corrected chi connectivity index (χ4v) is 7.37. The molecule has 0 saturated carbocycles. The first-order valence-electron chi connectivity index (χ1n) is 15.7. The molecule has 0 fully saturated rings. The number of aromatic nitrogens is 3. The van der Waals surface area contributed by atoms with Crippen molar-refractivity contribution in [2.24, 2.45) is 0 Å². The Balaban J connectivity index is 1.53. The summed E-state index contributed by atoms with van der Waals surface area (Å²) in [6.07, 6.45) is 6.52. The number of para-hydroxylation sites is 2. The first-order valence-corrected chi connectivity index (χ1v) is 15.7. The van der Waals surface area contributed by atoms with Gasteiger partial charge in [0.1, 0.15) is 0 Å². The summed E-state index contributed by atoms with van der Waals surface area (Å²) in [6.45, 7) is 13.7. The fourth-order valence-electron chi connectivity index (χ4n) is 7.37. The number of amides is 2. The van der Waals surface area contributed by atoms with Gasteiger partial charge in [-0.25, -0.2) is 9.74 Å². The Kier molecular flexibility index (Phi) is 6.69. The molecule has 1 aliphatic rings. The molecular weight excluding hydrogens is 608 g/mol. The third-order valence-electron chi connectivity index (χ3n) is 9.24. The van der Waals surface area contributed by atoms with Crippen LogP contribution < -0.4 is 4.90 Å². The average molecular weight is 635 g/mol. The molecule has 0 radical (unpaired) electrons. The Hall–Kier alpha value is -6.90. The van der Waals surface area contributed by atoms with E-state index in [1.165, 1.54) is 4.90 Å². The summed E-state index contributed by atoms with van der Waals surface area (Å²) in [6, 6.07) is 26.7. The van der Waals surface area contributed by atoms with Crippen LogP contribution in [0.3, 0.4) is 0 Å². The van der Waals surface area contributed by atoms with Gasteiger partial charge in [0.05, 0.1) is 51.7 Å². The zero-order chi connectivity index (χ0) is 34.0. The van der Waals surface area contributed by atoms with E-state index >= 15 is 0 Å². The molecule has 0 spiro atoms. The van der Waals surface area contributed by atoms with Crippen molar-refractivity contribution in [3.05, 3.63) is 148 Å². The minimum absolute atomic E-state index is 0.276. The van der Waals surface area contributed by atoms with Crippen molar-refractivity contribution in [1.29, 1.82) is 5.26 Å². The molecule has 232 valence electrons. The highest BCUT2D eigenvalue weighted by Gasteiger charge is 2.41. The predicted molar refractivity (Wildman–Crippen MR) is 190 cm³/mol. The van der Waals surface area contributed by atoms with Crippen LogP contribution in [0.2, 0.25) is 0 Å². The number of benzene rings is 4. The van der Waals surface area contributed by atoms with Gasteiger partial charge in [-0.1, -0.05) is 60.2 Å². The summed E-state index contributed by atoms with van der Waals surface area (Å²) in [5.74, 6) is -0.808. The summed E-state index contributed by atoms with van der Waals surface area (Å²) in [5.41, 5.74) is 9.46. The number of imide groups is 1. The molecule has 8 nitrogen and oxygen atoms in total. The lowest BCUT2D eigenvalue weighted by Gasteiger charge is -2.20. The molecule has 0 aliphatic carbocycles. The van der Waals surface area contributed by atoms with E-state index in [9.17, 15) is 14.9 Å². The first kappa shape index (κ1) is 29.5. The molecule has 4 heterocycles. The van der Waals surface area contributed by atoms with Gasteiger partial charge in [0.15, 0.2) is 5.69 Å². The number of carbonyl (C=O) groups excluding carboxylic acids is 2. The number of aryl methyl sites for hydroxylation is 3. The smallest absolute Gasteiger partial charge is 0.268 e. The predicted octanol–water partition coefficient (Wildman–Crippen LogP) is 9.06. The molecule has 49 heavy (non-hydrogen) atoms. The lowest BCUT2D eigenvalue weighted by Crippen LogP contribution is -2.31. The van der Waals surface area contributed by atoms with Crippen LogP contribution >= 0.6 is 0 Å². The second kappa shape index (κ2) is 11.1. The van der Waals surface area contributed by atoms with Crippen molar-refractivity contribution in [1.82, 2.24) is 14.5 Å². The van der Waals surface area contributed by atoms with Crippen LogP contribution in [-0.4, -0.2) is 26.3 Å². The molecule has 8 rings (SSSR count). The van der Waals surface area contributed by atoms with Gasteiger partial charge >= 0.3 is 0 Å². The second-order valence-corrected chi connectivity index (χ2v) is 12.2. The molecule has 0 bridgehead atoms. The number of rotatable bonds is 4. The van der Waals surface area contributed by atoms with Crippen LogP contribution in [0.1, 0.15) is 43.0 Å². The van der Waals surface area contributed by atoms with Gasteiger partial charge in [0, 0.05) is 52.3 Å². The number of nitrogens with zero attached hydrogens (tertiary/aromatic N) is 6. The zero-order valence-electron chi connectivity index (χ0n) is 26.8. The number of pyridine rings is 2. The summed E-state index contributed by atoms with van der Waals surface area (Å²) in [7, 11) is 0. The summed E-state index contributed by atoms with van der Waals surface area (Å²) in [5, 5.41) is 11.8. The SMILES string of the molecule is [C-]#[N+]c1ccncc1-c1cccc2c3cccc(-c4cnccc4C#N)c3n(-c3cccc4c3C(=O)N(c3c(C)cc(C)cc3C)C4=O)c12. The van der Waals surface area contributed by atoms with Gasteiger partial charge in [-0.15, -0.1) is 0 Å². The van der Waals surface area contributed by atoms with Gasteiger partial charge in [-0.2, -0.15) is 5.26 Å². The third kappa shape index (κ3) is 4.28. The number of fused-ring (bicyclic) bond motifs is 4. The maximum atomic E-state index is 14.7. The van der Waals surface area contributed by atoms with E-state index in [2.05, 4.69) is 20.9 Å². The topological polar surface area (TPSA) is 96.2 Å². The van der Waals surface area contributed by atoms with E-state index in [1.807, 2.05) is 79.9 Å². The van der Waals surface area contributed by atoms with Crippen LogP contribution in [0.4, 0.5) is 11.4 Å². The normalized spacial score (nSPS) is 12.4. The van der Waals surface area contributed by atoms with Crippen LogP contribution in [0, 0.1) is 38.7 Å². The lowest BCUT2D eigenvalue weighted by molar-refractivity contribution is 0.0925. The quantitative estimate of drug-likeness (QED) is 0.142. The average Bonchev–Trinajstić information content (AvgIpc) is 3.59. The summed E-state index contributed by atoms with van der Waals surface area (Å²) in [4.78, 5) is 42.7. The number of anilines is 1. The van der Waals surface area contributed by atoms with Gasteiger partial charge in [0.2, 0.25) is 0 Å². The summed E-state index contributed by atoms with van der Waals surface area (Å²) < 4.78 is 2.01. The maximum Gasteiger partial charge on any atom is 0.268 e. The fraction of sp³-hybridized carbons (Fsp3) is 0.0732. The minimum Gasteiger partial charge on any atom is -0.307 e. The molecule has 3 aromatic heterocycles. The van der Waals surface area contributed by atoms with Crippen LogP contribution in [0.5, 0.6) is 0 Å². The monoisotopic (exact) mass is 634 g/mol. The third-order valence-corrected chi connectivity index (χ3v) is 9.24. The molecule has 1 aliphatic heterocycles. The van der Waals surface area contributed by atoms with E-state index in [0.717, 1.165) is 49.6 Å². The number of hydrogen-bond donors (Lipinski definition) is 0. The van der Waals surface area contributed by atoms with Crippen molar-refractivity contribution in [3.63, 3.8) is 0 Å². The molecule has 0 saturated heterocycles. The van der Waals surface area contributed by atoms with E-state index in [1.54, 1.807) is 49.1 Å². The first-order chi connectivity index (χ1) is 23.8. The van der Waals surface area contributed by atoms with E-state index in [4.69, 9.17) is 6.57 Å². The standard InChI is InChI=1S/C41H26N6O2/c1-23-18-24(2)37(25(3)19-23)47-40(48)31-12-7-13-35(36(31)41(47)49)46-38-27(8-5-10-29(38)32-21-44-16-14-26(32)20-42)28-9-6-11-30(39(28)46)33-22-45-17-15-34(33)43-4/h5-19,21-22H,1-3H3. The van der Waals surface area contributed by atoms with E-state index in [-0.39, 0.29) is 11.5 Å². The van der Waals surface area contributed by atoms with Crippen LogP contribution in [0.25, 0.3) is 54.6 Å². The molecule has 0 atom stereocenters. The molecule has 0 unspecified atom stereocenters. The van der Waals surface area contributed by atoms with Crippen LogP contribution in [-0.2, 0) is 0 Å². The molecule has 4 aromatic carbocycles. The number of carbonyl (C=O) groups is 2. The Morgan fingerprint density at radius 2 is 1.31 bits per heavy atom. The van der Waals surface area contributed by atoms with Gasteiger partial charge < -0.3 is 4.57 Å². The highest BCUT2D eigenvalue weighted by atomic mass is 16.2. The molecule has 7 aromatic rings. The zero-order valence-corrected chi connectivity index (χ0v) is 26.8. The number of hydrogen-bond acceptors (Lipinski definition) is 5. The largest absolute Gasteiger partial charge is 0.307 e. The van der Waals surface area contributed by atoms with Gasteiger partial charge in [0.25, 0.3) is 11.8 Å². The van der Waals surface area contributed by atoms with Crippen LogP contribution in [0.15, 0.2) is 104 Å². The minimum atomic E-state index is -0.419. The Labute approximate surface area is 282 Å². The van der Waals surface area contributed by atoms with Crippen molar-refractivity contribution in [3.8, 4) is 34.0 Å². The highest BCUT2D eigenvalue weighted by Crippen LogP contribution is 2.45. The van der Waals surface area contributed by atoms with Crippen molar-refractivity contribution in [2.75, 3.05) is 4.90 Å². The second-order valence-electron chi connectivity index (χ2n) is 12.2. The number of nitriles is 1. The summed E-state index contributed by atoms with van der Waals surface area (Å²) >= 11 is 0. The van der Waals surface area contributed by atoms with E-state index < -0.39 is 5.91 Å².